The molecule has 0 saturated heterocycles. The van der Waals surface area contributed by atoms with Gasteiger partial charge in [0.15, 0.2) is 5.78 Å². The minimum Gasteiger partial charge on any atom is -0.292 e. The lowest BCUT2D eigenvalue weighted by Gasteiger charge is -2.12. The topological polar surface area (TPSA) is 97.6 Å². The summed E-state index contributed by atoms with van der Waals surface area (Å²) in [5.74, 6) is -2.63. The molecule has 1 heterocycles. The van der Waals surface area contributed by atoms with Gasteiger partial charge in [-0.25, -0.2) is 4.39 Å². The van der Waals surface area contributed by atoms with Gasteiger partial charge >= 0.3 is 0 Å². The number of imide groups is 1. The Kier molecular flexibility index (Phi) is 3.64. The van der Waals surface area contributed by atoms with Gasteiger partial charge in [0.05, 0.1) is 22.6 Å². The summed E-state index contributed by atoms with van der Waals surface area (Å²) in [6.45, 7) is -0.522. The molecule has 1 aliphatic rings. The number of ketones is 1. The summed E-state index contributed by atoms with van der Waals surface area (Å²) in [6.07, 6.45) is 0. The number of fused-ring (bicyclic) bond motifs is 1. The molecule has 0 saturated carbocycles. The fourth-order valence-electron chi connectivity index (χ4n) is 2.41. The highest BCUT2D eigenvalue weighted by Crippen LogP contribution is 2.24. The Labute approximate surface area is 134 Å². The molecule has 24 heavy (non-hydrogen) atoms. The number of halogens is 1. The van der Waals surface area contributed by atoms with Crippen LogP contribution in [0.5, 0.6) is 0 Å². The van der Waals surface area contributed by atoms with E-state index in [9.17, 15) is 28.9 Å². The van der Waals surface area contributed by atoms with Gasteiger partial charge in [0.25, 0.3) is 17.5 Å². The zero-order chi connectivity index (χ0) is 17.4. The maximum atomic E-state index is 13.2. The summed E-state index contributed by atoms with van der Waals surface area (Å²) in [5, 5.41) is 10.6. The first-order valence-electron chi connectivity index (χ1n) is 6.82. The molecule has 0 atom stereocenters. The summed E-state index contributed by atoms with van der Waals surface area (Å²) < 4.78 is 13.2. The molecule has 0 aromatic heterocycles. The molecule has 8 heteroatoms. The zero-order valence-corrected chi connectivity index (χ0v) is 12.1. The predicted molar refractivity (Wildman–Crippen MR) is 79.2 cm³/mol. The number of Topliss-reactive ketones (excluding diaryl/α,β-unsaturated/α-hetero) is 1. The maximum Gasteiger partial charge on any atom is 0.269 e. The summed E-state index contributed by atoms with van der Waals surface area (Å²) in [4.78, 5) is 47.3. The van der Waals surface area contributed by atoms with Crippen molar-refractivity contribution >= 4 is 23.3 Å². The number of nitro benzene ring substituents is 1. The first-order chi connectivity index (χ1) is 11.4. The van der Waals surface area contributed by atoms with E-state index in [0.29, 0.717) is 0 Å². The van der Waals surface area contributed by atoms with Crippen LogP contribution in [0.1, 0.15) is 31.1 Å². The number of hydrogen-bond acceptors (Lipinski definition) is 5. The molecule has 0 fully saturated rings. The van der Waals surface area contributed by atoms with E-state index in [2.05, 4.69) is 0 Å². The van der Waals surface area contributed by atoms with Crippen molar-refractivity contribution in [2.45, 2.75) is 0 Å². The highest BCUT2D eigenvalue weighted by Gasteiger charge is 2.37. The van der Waals surface area contributed by atoms with Gasteiger partial charge in [0, 0.05) is 17.7 Å². The summed E-state index contributed by atoms with van der Waals surface area (Å²) >= 11 is 0. The molecule has 0 unspecified atom stereocenters. The van der Waals surface area contributed by atoms with Crippen LogP contribution in [0.15, 0.2) is 42.5 Å². The van der Waals surface area contributed by atoms with Gasteiger partial charge in [-0.05, 0) is 30.3 Å². The number of amides is 2. The molecule has 0 bridgehead atoms. The summed E-state index contributed by atoms with van der Waals surface area (Å²) in [6, 6.07) is 8.02. The fourth-order valence-corrected chi connectivity index (χ4v) is 2.41. The second-order valence-corrected chi connectivity index (χ2v) is 5.11. The van der Waals surface area contributed by atoms with E-state index in [0.717, 1.165) is 29.2 Å². The van der Waals surface area contributed by atoms with Crippen LogP contribution in [-0.2, 0) is 0 Å². The Bertz CT molecular complexity index is 892. The first-order valence-corrected chi connectivity index (χ1v) is 6.82. The third kappa shape index (κ3) is 2.54. The standard InChI is InChI=1S/C16H9FN2O5/c17-10-3-6-12-13(7-10)16(22)18(15(12)21)8-14(20)9-1-4-11(5-2-9)19(23)24/h1-7H,8H2. The molecule has 120 valence electrons. The third-order valence-electron chi connectivity index (χ3n) is 3.63. The predicted octanol–water partition coefficient (Wildman–Crippen LogP) is 2.21. The third-order valence-corrected chi connectivity index (χ3v) is 3.63. The number of carbonyl (C=O) groups is 3. The molecule has 3 rings (SSSR count). The quantitative estimate of drug-likeness (QED) is 0.371. The van der Waals surface area contributed by atoms with Crippen molar-refractivity contribution in [3.05, 3.63) is 75.1 Å². The van der Waals surface area contributed by atoms with Gasteiger partial charge in [0.2, 0.25) is 0 Å². The average molecular weight is 328 g/mol. The lowest BCUT2D eigenvalue weighted by atomic mass is 10.1. The van der Waals surface area contributed by atoms with Crippen molar-refractivity contribution in [3.8, 4) is 0 Å². The summed E-state index contributed by atoms with van der Waals surface area (Å²) in [5.41, 5.74) is -0.0968. The number of nitro groups is 1. The van der Waals surface area contributed by atoms with Gasteiger partial charge in [-0.3, -0.25) is 29.4 Å². The molecule has 0 spiro atoms. The Morgan fingerprint density at radius 2 is 1.67 bits per heavy atom. The van der Waals surface area contributed by atoms with Gasteiger partial charge < -0.3 is 0 Å². The Morgan fingerprint density at radius 3 is 2.29 bits per heavy atom. The minimum absolute atomic E-state index is 0.0397. The van der Waals surface area contributed by atoms with E-state index in [1.807, 2.05) is 0 Å². The SMILES string of the molecule is O=C(CN1C(=O)c2ccc(F)cc2C1=O)c1ccc([N+](=O)[O-])cc1. The molecule has 2 aromatic rings. The number of nitrogens with zero attached hydrogens (tertiary/aromatic N) is 2. The van der Waals surface area contributed by atoms with E-state index < -0.39 is 34.9 Å². The number of non-ortho nitro benzene ring substituents is 1. The van der Waals surface area contributed by atoms with Crippen molar-refractivity contribution < 1.29 is 23.7 Å². The lowest BCUT2D eigenvalue weighted by Crippen LogP contribution is -2.34. The summed E-state index contributed by atoms with van der Waals surface area (Å²) in [7, 11) is 0. The fraction of sp³-hybridized carbons (Fsp3) is 0.0625. The molecular weight excluding hydrogens is 319 g/mol. The zero-order valence-electron chi connectivity index (χ0n) is 12.1. The van der Waals surface area contributed by atoms with Crippen LogP contribution in [0, 0.1) is 15.9 Å². The molecule has 0 N–H and O–H groups in total. The Balaban J connectivity index is 1.81. The normalized spacial score (nSPS) is 13.1. The van der Waals surface area contributed by atoms with Crippen LogP contribution in [0.25, 0.3) is 0 Å². The van der Waals surface area contributed by atoms with Crippen LogP contribution in [0.4, 0.5) is 10.1 Å². The van der Waals surface area contributed by atoms with Gasteiger partial charge in [-0.15, -0.1) is 0 Å². The van der Waals surface area contributed by atoms with E-state index in [4.69, 9.17) is 0 Å². The smallest absolute Gasteiger partial charge is 0.269 e. The van der Waals surface area contributed by atoms with E-state index >= 15 is 0 Å². The minimum atomic E-state index is -0.746. The van der Waals surface area contributed by atoms with Crippen molar-refractivity contribution in [2.75, 3.05) is 6.54 Å². The highest BCUT2D eigenvalue weighted by atomic mass is 19.1. The Morgan fingerprint density at radius 1 is 1.04 bits per heavy atom. The monoisotopic (exact) mass is 328 g/mol. The number of rotatable bonds is 4. The van der Waals surface area contributed by atoms with Crippen LogP contribution in [0.2, 0.25) is 0 Å². The average Bonchev–Trinajstić information content (AvgIpc) is 2.79. The van der Waals surface area contributed by atoms with Gasteiger partial charge in [-0.1, -0.05) is 0 Å². The molecule has 0 radical (unpaired) electrons. The number of hydrogen-bond donors (Lipinski definition) is 0. The largest absolute Gasteiger partial charge is 0.292 e. The molecule has 1 aliphatic heterocycles. The molecule has 2 amide bonds. The second kappa shape index (κ2) is 5.65. The van der Waals surface area contributed by atoms with Crippen molar-refractivity contribution in [1.29, 1.82) is 0 Å². The molecular formula is C16H9FN2O5. The van der Waals surface area contributed by atoms with Crippen LogP contribution in [0.3, 0.4) is 0 Å². The van der Waals surface area contributed by atoms with E-state index in [1.54, 1.807) is 0 Å². The number of carbonyl (C=O) groups excluding carboxylic acids is 3. The van der Waals surface area contributed by atoms with E-state index in [-0.39, 0.29) is 22.4 Å². The van der Waals surface area contributed by atoms with Crippen LogP contribution < -0.4 is 0 Å². The molecule has 0 aliphatic carbocycles. The van der Waals surface area contributed by atoms with Crippen LogP contribution in [-0.4, -0.2) is 34.0 Å². The van der Waals surface area contributed by atoms with Crippen LogP contribution >= 0.6 is 0 Å². The lowest BCUT2D eigenvalue weighted by molar-refractivity contribution is -0.384. The molecule has 7 nitrogen and oxygen atoms in total. The van der Waals surface area contributed by atoms with Crippen molar-refractivity contribution in [2.24, 2.45) is 0 Å². The molecule has 2 aromatic carbocycles. The maximum absolute atomic E-state index is 13.2. The first kappa shape index (κ1) is 15.5. The van der Waals surface area contributed by atoms with Gasteiger partial charge in [-0.2, -0.15) is 0 Å². The second-order valence-electron chi connectivity index (χ2n) is 5.11. The van der Waals surface area contributed by atoms with E-state index in [1.165, 1.54) is 18.2 Å². The Hall–Kier alpha value is -3.42. The van der Waals surface area contributed by atoms with Crippen molar-refractivity contribution in [3.63, 3.8) is 0 Å². The van der Waals surface area contributed by atoms with Gasteiger partial charge in [0.1, 0.15) is 5.82 Å². The highest BCUT2D eigenvalue weighted by molar-refractivity contribution is 6.23. The van der Waals surface area contributed by atoms with Crippen molar-refractivity contribution in [1.82, 2.24) is 4.90 Å². The number of benzene rings is 2.